The van der Waals surface area contributed by atoms with Gasteiger partial charge in [-0.25, -0.2) is 0 Å². The highest BCUT2D eigenvalue weighted by atomic mass is 16.6. The highest BCUT2D eigenvalue weighted by Gasteiger charge is 2.40. The molecule has 2 fully saturated rings. The van der Waals surface area contributed by atoms with Crippen molar-refractivity contribution in [3.8, 4) is 5.75 Å². The molecular weight excluding hydrogens is 584 g/mol. The highest BCUT2D eigenvalue weighted by molar-refractivity contribution is 5.96. The van der Waals surface area contributed by atoms with Crippen LogP contribution < -0.4 is 20.7 Å². The summed E-state index contributed by atoms with van der Waals surface area (Å²) < 4.78 is 15.8. The van der Waals surface area contributed by atoms with Gasteiger partial charge in [0.2, 0.25) is 11.8 Å². The third-order valence-corrected chi connectivity index (χ3v) is 8.50. The second-order valence-electron chi connectivity index (χ2n) is 11.8. The fourth-order valence-corrected chi connectivity index (χ4v) is 5.70. The van der Waals surface area contributed by atoms with Gasteiger partial charge in [-0.3, -0.25) is 19.3 Å². The van der Waals surface area contributed by atoms with Gasteiger partial charge in [0.25, 0.3) is 0 Å². The van der Waals surface area contributed by atoms with Crippen molar-refractivity contribution in [2.24, 2.45) is 0 Å². The van der Waals surface area contributed by atoms with E-state index in [1.165, 1.54) is 14.0 Å². The predicted octanol–water partition coefficient (Wildman–Crippen LogP) is -0.205. The number of aliphatic hydroxyl groups is 2. The number of carbonyl (C=O) groups excluding carboxylic acids is 4. The van der Waals surface area contributed by atoms with Gasteiger partial charge in [0.05, 0.1) is 45.1 Å². The van der Waals surface area contributed by atoms with E-state index in [2.05, 4.69) is 22.0 Å². The zero-order valence-electron chi connectivity index (χ0n) is 26.0. The minimum atomic E-state index is -1.52. The van der Waals surface area contributed by atoms with Gasteiger partial charge in [-0.1, -0.05) is 23.8 Å². The van der Waals surface area contributed by atoms with Gasteiger partial charge in [-0.15, -0.1) is 0 Å². The standard InChI is InChI=1S/C32H46N4O9/c1-20(38)27(33-17-23(18-37)36-12-14-44-15-13-36)31(41)35-28(29(39)22-8-10-24(43-2)11-9-22)32(42)34-25(30(40)26-19-45-26)16-21-6-4-3-5-7-21/h6,8-11,18,20,23,25-29,33,38-39H,3-5,7,12-17,19H2,1-2H3,(H,34,42)(H,35,41). The number of rotatable bonds is 17. The van der Waals surface area contributed by atoms with E-state index in [1.54, 1.807) is 24.3 Å². The molecule has 0 radical (unpaired) electrons. The molecule has 0 bridgehead atoms. The van der Waals surface area contributed by atoms with Crippen molar-refractivity contribution < 1.29 is 43.6 Å². The molecule has 1 aliphatic carbocycles. The summed E-state index contributed by atoms with van der Waals surface area (Å²) in [6, 6.07) is 2.19. The molecule has 45 heavy (non-hydrogen) atoms. The van der Waals surface area contributed by atoms with Crippen LogP contribution in [0.5, 0.6) is 5.75 Å². The van der Waals surface area contributed by atoms with Crippen LogP contribution in [0.25, 0.3) is 0 Å². The van der Waals surface area contributed by atoms with E-state index in [4.69, 9.17) is 14.2 Å². The molecule has 2 heterocycles. The number of morpholine rings is 1. The Balaban J connectivity index is 1.53. The number of ketones is 1. The van der Waals surface area contributed by atoms with Gasteiger partial charge < -0.3 is 45.2 Å². The summed E-state index contributed by atoms with van der Waals surface area (Å²) in [6.07, 6.45) is 3.68. The van der Waals surface area contributed by atoms with Crippen molar-refractivity contribution in [3.05, 3.63) is 41.5 Å². The fraction of sp³-hybridized carbons (Fsp3) is 0.625. The van der Waals surface area contributed by atoms with Crippen molar-refractivity contribution in [2.75, 3.05) is 46.6 Å². The van der Waals surface area contributed by atoms with Crippen molar-refractivity contribution in [3.63, 3.8) is 0 Å². The maximum absolute atomic E-state index is 13.9. The number of nitrogens with zero attached hydrogens (tertiary/aromatic N) is 1. The molecule has 7 atom stereocenters. The lowest BCUT2D eigenvalue weighted by Crippen LogP contribution is -2.60. The van der Waals surface area contributed by atoms with Gasteiger partial charge >= 0.3 is 0 Å². The minimum absolute atomic E-state index is 0.0669. The lowest BCUT2D eigenvalue weighted by atomic mass is 9.91. The number of nitrogens with one attached hydrogen (secondary N) is 3. The molecule has 0 spiro atoms. The molecule has 7 unspecified atom stereocenters. The normalized spacial score (nSPS) is 22.5. The number of hydrogen-bond donors (Lipinski definition) is 5. The van der Waals surface area contributed by atoms with Crippen molar-refractivity contribution in [1.82, 2.24) is 20.9 Å². The lowest BCUT2D eigenvalue weighted by Gasteiger charge is -2.33. The van der Waals surface area contributed by atoms with E-state index in [1.807, 2.05) is 4.90 Å². The van der Waals surface area contributed by atoms with E-state index < -0.39 is 54.3 Å². The number of benzene rings is 1. The molecule has 13 heteroatoms. The van der Waals surface area contributed by atoms with E-state index in [9.17, 15) is 29.4 Å². The Morgan fingerprint density at radius 1 is 1.07 bits per heavy atom. The maximum Gasteiger partial charge on any atom is 0.246 e. The predicted molar refractivity (Wildman–Crippen MR) is 163 cm³/mol. The number of hydrogen-bond acceptors (Lipinski definition) is 11. The van der Waals surface area contributed by atoms with E-state index in [0.717, 1.165) is 37.5 Å². The molecule has 0 aromatic heterocycles. The molecule has 13 nitrogen and oxygen atoms in total. The Labute approximate surface area is 263 Å². The van der Waals surface area contributed by atoms with Crippen LogP contribution in [0, 0.1) is 0 Å². The number of allylic oxidation sites excluding steroid dienone is 1. The molecule has 5 N–H and O–H groups in total. The second kappa shape index (κ2) is 16.9. The fourth-order valence-electron chi connectivity index (χ4n) is 5.70. The van der Waals surface area contributed by atoms with Crippen molar-refractivity contribution in [2.45, 2.75) is 81.5 Å². The number of aliphatic hydroxyl groups excluding tert-OH is 2. The van der Waals surface area contributed by atoms with Crippen LogP contribution in [0.4, 0.5) is 0 Å². The minimum Gasteiger partial charge on any atom is -0.497 e. The molecule has 4 rings (SSSR count). The molecule has 3 aliphatic rings. The molecule has 0 saturated carbocycles. The summed E-state index contributed by atoms with van der Waals surface area (Å²) in [5, 5.41) is 30.3. The summed E-state index contributed by atoms with van der Waals surface area (Å²) in [5.74, 6) is -1.24. The van der Waals surface area contributed by atoms with Gasteiger partial charge in [0.15, 0.2) is 5.78 Å². The van der Waals surface area contributed by atoms with Gasteiger partial charge in [0, 0.05) is 19.6 Å². The average Bonchev–Trinajstić information content (AvgIpc) is 3.91. The van der Waals surface area contributed by atoms with Gasteiger partial charge in [0.1, 0.15) is 36.3 Å². The Morgan fingerprint density at radius 2 is 1.76 bits per heavy atom. The number of Topliss-reactive ketones (excluding diaryl/α,β-unsaturated/α-hetero) is 1. The van der Waals surface area contributed by atoms with Crippen molar-refractivity contribution >= 4 is 23.9 Å². The Morgan fingerprint density at radius 3 is 2.33 bits per heavy atom. The average molecular weight is 631 g/mol. The lowest BCUT2D eigenvalue weighted by molar-refractivity contribution is -0.136. The van der Waals surface area contributed by atoms with Gasteiger partial charge in [-0.2, -0.15) is 0 Å². The highest BCUT2D eigenvalue weighted by Crippen LogP contribution is 2.25. The van der Waals surface area contributed by atoms with E-state index in [-0.39, 0.29) is 18.9 Å². The van der Waals surface area contributed by atoms with Crippen molar-refractivity contribution in [1.29, 1.82) is 0 Å². The number of epoxide rings is 1. The summed E-state index contributed by atoms with van der Waals surface area (Å²) in [5.41, 5.74) is 1.40. The first kappa shape index (κ1) is 34.7. The first-order chi connectivity index (χ1) is 21.7. The number of amides is 2. The monoisotopic (exact) mass is 630 g/mol. The number of methoxy groups -OCH3 is 1. The molecule has 248 valence electrons. The second-order valence-corrected chi connectivity index (χ2v) is 11.8. The summed E-state index contributed by atoms with van der Waals surface area (Å²) in [7, 11) is 1.50. The van der Waals surface area contributed by atoms with Crippen LogP contribution in [0.1, 0.15) is 50.7 Å². The molecule has 2 saturated heterocycles. The maximum atomic E-state index is 13.9. The number of aldehydes is 1. The molecule has 1 aromatic carbocycles. The molecular formula is C32H46N4O9. The number of carbonyl (C=O) groups is 4. The molecule has 2 amide bonds. The Hall–Kier alpha value is -3.20. The van der Waals surface area contributed by atoms with Crippen LogP contribution in [0.3, 0.4) is 0 Å². The third kappa shape index (κ3) is 9.89. The van der Waals surface area contributed by atoms with Crippen LogP contribution >= 0.6 is 0 Å². The van der Waals surface area contributed by atoms with E-state index >= 15 is 0 Å². The van der Waals surface area contributed by atoms with Crippen LogP contribution in [0.2, 0.25) is 0 Å². The summed E-state index contributed by atoms with van der Waals surface area (Å²) in [4.78, 5) is 54.4. The molecule has 2 aliphatic heterocycles. The van der Waals surface area contributed by atoms with Crippen LogP contribution in [0.15, 0.2) is 35.9 Å². The Kier molecular flexibility index (Phi) is 13.0. The smallest absolute Gasteiger partial charge is 0.246 e. The topological polar surface area (TPSA) is 179 Å². The van der Waals surface area contributed by atoms with Gasteiger partial charge in [-0.05, 0) is 56.7 Å². The first-order valence-electron chi connectivity index (χ1n) is 15.7. The quantitative estimate of drug-likeness (QED) is 0.0874. The van der Waals surface area contributed by atoms with E-state index in [0.29, 0.717) is 44.0 Å². The zero-order chi connectivity index (χ0) is 32.3. The van der Waals surface area contributed by atoms with Crippen LogP contribution in [-0.2, 0) is 28.7 Å². The Bertz CT molecular complexity index is 1180. The largest absolute Gasteiger partial charge is 0.497 e. The summed E-state index contributed by atoms with van der Waals surface area (Å²) in [6.45, 7) is 3.84. The number of ether oxygens (including phenoxy) is 3. The summed E-state index contributed by atoms with van der Waals surface area (Å²) >= 11 is 0. The van der Waals surface area contributed by atoms with Crippen LogP contribution in [-0.4, -0.2) is 122 Å². The zero-order valence-corrected chi connectivity index (χ0v) is 26.0. The SMILES string of the molecule is COc1ccc(C(O)C(NC(=O)C(NCC(C=O)N2CCOCC2)C(C)O)C(=O)NC(CC2=CCCCC2)C(=O)C2CO2)cc1. The third-order valence-electron chi connectivity index (χ3n) is 8.50. The molecule has 1 aromatic rings. The first-order valence-corrected chi connectivity index (χ1v) is 15.7.